The van der Waals surface area contributed by atoms with Crippen molar-refractivity contribution in [2.24, 2.45) is 0 Å². The molecule has 0 aromatic heterocycles. The summed E-state index contributed by atoms with van der Waals surface area (Å²) in [7, 11) is 0. The van der Waals surface area contributed by atoms with Gasteiger partial charge in [-0.3, -0.25) is 0 Å². The Labute approximate surface area is 100 Å². The minimum absolute atomic E-state index is 0.322. The van der Waals surface area contributed by atoms with Gasteiger partial charge in [0.2, 0.25) is 0 Å². The Balaban J connectivity index is 1.98. The SMILES string of the molecule is Oc1ccc2cc([C@H]3CNCCN3)ccc2c1. The van der Waals surface area contributed by atoms with Crippen LogP contribution in [0, 0.1) is 0 Å². The van der Waals surface area contributed by atoms with E-state index in [1.807, 2.05) is 6.07 Å². The van der Waals surface area contributed by atoms with Gasteiger partial charge in [-0.25, -0.2) is 0 Å². The normalized spacial score (nSPS) is 20.6. The molecule has 1 saturated heterocycles. The molecule has 0 amide bonds. The summed E-state index contributed by atoms with van der Waals surface area (Å²) in [6, 6.07) is 12.3. The molecule has 0 saturated carbocycles. The van der Waals surface area contributed by atoms with Crippen molar-refractivity contribution in [1.82, 2.24) is 10.6 Å². The average Bonchev–Trinajstić information content (AvgIpc) is 2.39. The molecular weight excluding hydrogens is 212 g/mol. The number of aromatic hydroxyl groups is 1. The molecule has 0 radical (unpaired) electrons. The smallest absolute Gasteiger partial charge is 0.116 e. The molecule has 88 valence electrons. The third kappa shape index (κ3) is 2.12. The quantitative estimate of drug-likeness (QED) is 0.697. The molecule has 0 spiro atoms. The van der Waals surface area contributed by atoms with Crippen LogP contribution in [-0.4, -0.2) is 24.7 Å². The summed E-state index contributed by atoms with van der Waals surface area (Å²) in [4.78, 5) is 0. The molecule has 3 N–H and O–H groups in total. The van der Waals surface area contributed by atoms with Gasteiger partial charge >= 0.3 is 0 Å². The van der Waals surface area contributed by atoms with E-state index in [1.54, 1.807) is 12.1 Å². The first-order chi connectivity index (χ1) is 8.33. The lowest BCUT2D eigenvalue weighted by atomic mass is 10.0. The molecule has 2 aromatic carbocycles. The van der Waals surface area contributed by atoms with E-state index in [0.717, 1.165) is 25.0 Å². The molecule has 1 heterocycles. The van der Waals surface area contributed by atoms with E-state index in [0.29, 0.717) is 11.8 Å². The van der Waals surface area contributed by atoms with Crippen molar-refractivity contribution in [2.45, 2.75) is 6.04 Å². The third-order valence-corrected chi connectivity index (χ3v) is 3.29. The molecule has 17 heavy (non-hydrogen) atoms. The van der Waals surface area contributed by atoms with Crippen LogP contribution in [-0.2, 0) is 0 Å². The van der Waals surface area contributed by atoms with E-state index < -0.39 is 0 Å². The summed E-state index contributed by atoms with van der Waals surface area (Å²) in [5, 5.41) is 18.6. The Bertz CT molecular complexity index is 533. The molecular formula is C14H16N2O. The summed E-state index contributed by atoms with van der Waals surface area (Å²) < 4.78 is 0. The second kappa shape index (κ2) is 4.35. The molecule has 1 atom stereocenters. The Morgan fingerprint density at radius 1 is 1.00 bits per heavy atom. The largest absolute Gasteiger partial charge is 0.508 e. The van der Waals surface area contributed by atoms with Crippen LogP contribution in [0.3, 0.4) is 0 Å². The lowest BCUT2D eigenvalue weighted by Crippen LogP contribution is -2.42. The average molecular weight is 228 g/mol. The Morgan fingerprint density at radius 2 is 1.82 bits per heavy atom. The highest BCUT2D eigenvalue weighted by molar-refractivity contribution is 5.84. The van der Waals surface area contributed by atoms with Crippen LogP contribution < -0.4 is 10.6 Å². The molecule has 0 unspecified atom stereocenters. The van der Waals surface area contributed by atoms with Gasteiger partial charge in [0.05, 0.1) is 0 Å². The number of hydrogen-bond acceptors (Lipinski definition) is 3. The number of phenols is 1. The zero-order chi connectivity index (χ0) is 11.7. The number of rotatable bonds is 1. The van der Waals surface area contributed by atoms with Crippen molar-refractivity contribution < 1.29 is 5.11 Å². The van der Waals surface area contributed by atoms with Gasteiger partial charge in [-0.15, -0.1) is 0 Å². The van der Waals surface area contributed by atoms with Crippen molar-refractivity contribution in [3.8, 4) is 5.75 Å². The van der Waals surface area contributed by atoms with Gasteiger partial charge in [0, 0.05) is 25.7 Å². The number of hydrogen-bond donors (Lipinski definition) is 3. The molecule has 3 heteroatoms. The van der Waals surface area contributed by atoms with Crippen molar-refractivity contribution >= 4 is 10.8 Å². The van der Waals surface area contributed by atoms with Crippen molar-refractivity contribution in [1.29, 1.82) is 0 Å². The van der Waals surface area contributed by atoms with E-state index in [-0.39, 0.29) is 0 Å². The predicted octanol–water partition coefficient (Wildman–Crippen LogP) is 1.78. The van der Waals surface area contributed by atoms with Crippen LogP contribution in [0.5, 0.6) is 5.75 Å². The zero-order valence-corrected chi connectivity index (χ0v) is 9.61. The summed E-state index contributed by atoms with van der Waals surface area (Å²) in [6.45, 7) is 3.03. The summed E-state index contributed by atoms with van der Waals surface area (Å²) in [5.74, 6) is 0.322. The van der Waals surface area contributed by atoms with Crippen molar-refractivity contribution in [3.05, 3.63) is 42.0 Å². The van der Waals surface area contributed by atoms with Gasteiger partial charge in [0.25, 0.3) is 0 Å². The standard InChI is InChI=1S/C14H16N2O/c17-13-4-3-10-7-12(2-1-11(10)8-13)14-9-15-5-6-16-14/h1-4,7-8,14-17H,5-6,9H2/t14-/m1/s1. The summed E-state index contributed by atoms with van der Waals surface area (Å²) >= 11 is 0. The lowest BCUT2D eigenvalue weighted by molar-refractivity contribution is 0.430. The number of nitrogens with one attached hydrogen (secondary N) is 2. The van der Waals surface area contributed by atoms with E-state index in [2.05, 4.69) is 28.8 Å². The first kappa shape index (κ1) is 10.6. The van der Waals surface area contributed by atoms with Crippen LogP contribution >= 0.6 is 0 Å². The second-order valence-corrected chi connectivity index (χ2v) is 4.50. The number of piperazine rings is 1. The van der Waals surface area contributed by atoms with Crippen molar-refractivity contribution in [3.63, 3.8) is 0 Å². The highest BCUT2D eigenvalue weighted by atomic mass is 16.3. The third-order valence-electron chi connectivity index (χ3n) is 3.29. The van der Waals surface area contributed by atoms with Gasteiger partial charge in [0.1, 0.15) is 5.75 Å². The van der Waals surface area contributed by atoms with E-state index in [9.17, 15) is 5.11 Å². The summed E-state index contributed by atoms with van der Waals surface area (Å²) in [5.41, 5.74) is 1.30. The summed E-state index contributed by atoms with van der Waals surface area (Å²) in [6.07, 6.45) is 0. The first-order valence-electron chi connectivity index (χ1n) is 6.00. The lowest BCUT2D eigenvalue weighted by Gasteiger charge is -2.25. The highest BCUT2D eigenvalue weighted by Crippen LogP contribution is 2.24. The second-order valence-electron chi connectivity index (χ2n) is 4.50. The number of phenolic OH excluding ortho intramolecular Hbond substituents is 1. The number of fused-ring (bicyclic) bond motifs is 1. The minimum atomic E-state index is 0.322. The van der Waals surface area contributed by atoms with Crippen LogP contribution in [0.1, 0.15) is 11.6 Å². The fraction of sp³-hybridized carbons (Fsp3) is 0.286. The van der Waals surface area contributed by atoms with Gasteiger partial charge in [-0.05, 0) is 34.5 Å². The molecule has 1 aliphatic rings. The Morgan fingerprint density at radius 3 is 2.65 bits per heavy atom. The fourth-order valence-corrected chi connectivity index (χ4v) is 2.36. The monoisotopic (exact) mass is 228 g/mol. The van der Waals surface area contributed by atoms with Crippen molar-refractivity contribution in [2.75, 3.05) is 19.6 Å². The minimum Gasteiger partial charge on any atom is -0.508 e. The van der Waals surface area contributed by atoms with Gasteiger partial charge in [0.15, 0.2) is 0 Å². The van der Waals surface area contributed by atoms with Crippen LogP contribution in [0.2, 0.25) is 0 Å². The van der Waals surface area contributed by atoms with Crippen LogP contribution in [0.25, 0.3) is 10.8 Å². The Hall–Kier alpha value is -1.58. The highest BCUT2D eigenvalue weighted by Gasteiger charge is 2.14. The molecule has 1 aliphatic heterocycles. The fourth-order valence-electron chi connectivity index (χ4n) is 2.36. The molecule has 2 aromatic rings. The maximum Gasteiger partial charge on any atom is 0.116 e. The van der Waals surface area contributed by atoms with E-state index in [4.69, 9.17) is 0 Å². The first-order valence-corrected chi connectivity index (χ1v) is 6.00. The molecule has 0 aliphatic carbocycles. The van der Waals surface area contributed by atoms with Gasteiger partial charge in [-0.2, -0.15) is 0 Å². The van der Waals surface area contributed by atoms with Crippen LogP contribution in [0.15, 0.2) is 36.4 Å². The van der Waals surface area contributed by atoms with Crippen LogP contribution in [0.4, 0.5) is 0 Å². The Kier molecular flexibility index (Phi) is 2.71. The van der Waals surface area contributed by atoms with E-state index in [1.165, 1.54) is 10.9 Å². The predicted molar refractivity (Wildman–Crippen MR) is 69.2 cm³/mol. The maximum atomic E-state index is 9.43. The molecule has 3 nitrogen and oxygen atoms in total. The maximum absolute atomic E-state index is 9.43. The molecule has 0 bridgehead atoms. The molecule has 1 fully saturated rings. The number of benzene rings is 2. The molecule has 3 rings (SSSR count). The zero-order valence-electron chi connectivity index (χ0n) is 9.61. The topological polar surface area (TPSA) is 44.3 Å². The van der Waals surface area contributed by atoms with Gasteiger partial charge < -0.3 is 15.7 Å². The van der Waals surface area contributed by atoms with E-state index >= 15 is 0 Å². The van der Waals surface area contributed by atoms with Gasteiger partial charge in [-0.1, -0.05) is 18.2 Å².